The maximum Gasteiger partial charge on any atom is 0.133 e. The maximum absolute atomic E-state index is 13.7. The Kier molecular flexibility index (Phi) is 5.48. The van der Waals surface area contributed by atoms with Crippen LogP contribution in [0.2, 0.25) is 0 Å². The molecule has 0 saturated heterocycles. The van der Waals surface area contributed by atoms with Crippen LogP contribution in [0.25, 0.3) is 0 Å². The highest BCUT2D eigenvalue weighted by Gasteiger charge is 2.18. The quantitative estimate of drug-likeness (QED) is 0.677. The number of benzene rings is 2. The third-order valence-electron chi connectivity index (χ3n) is 3.20. The minimum absolute atomic E-state index is 0.258. The first-order valence-electron chi connectivity index (χ1n) is 6.35. The summed E-state index contributed by atoms with van der Waals surface area (Å²) in [5.74, 6) is 1.04. The van der Waals surface area contributed by atoms with Crippen molar-refractivity contribution < 1.29 is 13.9 Å². The molecule has 2 aromatic rings. The normalized spacial score (nSPS) is 12.0. The zero-order valence-corrected chi connectivity index (χ0v) is 14.0. The van der Waals surface area contributed by atoms with Crippen molar-refractivity contribution in [2.24, 2.45) is 0 Å². The lowest BCUT2D eigenvalue weighted by atomic mass is 10.0. The van der Waals surface area contributed by atoms with E-state index in [4.69, 9.17) is 21.1 Å². The van der Waals surface area contributed by atoms with E-state index >= 15 is 0 Å². The minimum atomic E-state index is -0.418. The summed E-state index contributed by atoms with van der Waals surface area (Å²) in [6.07, 6.45) is 0.370. The van der Waals surface area contributed by atoms with Gasteiger partial charge in [0.15, 0.2) is 0 Å². The van der Waals surface area contributed by atoms with E-state index in [2.05, 4.69) is 15.9 Å². The fraction of sp³-hybridized carbons (Fsp3) is 0.250. The lowest BCUT2D eigenvalue weighted by Gasteiger charge is -2.16. The highest BCUT2D eigenvalue weighted by molar-refractivity contribution is 9.10. The van der Waals surface area contributed by atoms with E-state index in [0.717, 1.165) is 10.0 Å². The Balaban J connectivity index is 2.34. The molecule has 2 nitrogen and oxygen atoms in total. The molecule has 1 atom stereocenters. The van der Waals surface area contributed by atoms with Crippen molar-refractivity contribution in [3.8, 4) is 11.5 Å². The Hall–Kier alpha value is -1.26. The van der Waals surface area contributed by atoms with Crippen molar-refractivity contribution in [1.29, 1.82) is 0 Å². The lowest BCUT2D eigenvalue weighted by Crippen LogP contribution is -2.02. The van der Waals surface area contributed by atoms with Crippen LogP contribution in [0.4, 0.5) is 4.39 Å². The molecule has 21 heavy (non-hydrogen) atoms. The molecule has 0 saturated carbocycles. The monoisotopic (exact) mass is 372 g/mol. The zero-order chi connectivity index (χ0) is 15.4. The van der Waals surface area contributed by atoms with E-state index in [-0.39, 0.29) is 5.82 Å². The third kappa shape index (κ3) is 3.69. The minimum Gasteiger partial charge on any atom is -0.496 e. The van der Waals surface area contributed by atoms with Crippen LogP contribution in [0.3, 0.4) is 0 Å². The molecular weight excluding hydrogens is 359 g/mol. The number of alkyl halides is 1. The molecule has 0 N–H and O–H groups in total. The number of hydrogen-bond acceptors (Lipinski definition) is 2. The van der Waals surface area contributed by atoms with Crippen LogP contribution in [-0.2, 0) is 6.42 Å². The summed E-state index contributed by atoms with van der Waals surface area (Å²) in [5, 5.41) is -0.418. The first kappa shape index (κ1) is 16.1. The van der Waals surface area contributed by atoms with Gasteiger partial charge in [-0.25, -0.2) is 4.39 Å². The summed E-state index contributed by atoms with van der Waals surface area (Å²) >= 11 is 9.86. The van der Waals surface area contributed by atoms with Crippen molar-refractivity contribution in [2.45, 2.75) is 11.8 Å². The Morgan fingerprint density at radius 2 is 1.81 bits per heavy atom. The summed E-state index contributed by atoms with van der Waals surface area (Å²) in [4.78, 5) is 0. The molecule has 0 aliphatic heterocycles. The average molecular weight is 374 g/mol. The third-order valence-corrected chi connectivity index (χ3v) is 4.21. The van der Waals surface area contributed by atoms with E-state index in [1.165, 1.54) is 6.07 Å². The number of rotatable bonds is 5. The van der Waals surface area contributed by atoms with Gasteiger partial charge in [0.05, 0.1) is 24.1 Å². The predicted molar refractivity (Wildman–Crippen MR) is 85.9 cm³/mol. The number of hydrogen-bond donors (Lipinski definition) is 0. The molecule has 0 aliphatic carbocycles. The summed E-state index contributed by atoms with van der Waals surface area (Å²) < 4.78 is 25.1. The number of halogens is 3. The van der Waals surface area contributed by atoms with Gasteiger partial charge in [0, 0.05) is 5.56 Å². The topological polar surface area (TPSA) is 18.5 Å². The van der Waals surface area contributed by atoms with Crippen molar-refractivity contribution in [3.63, 3.8) is 0 Å². The molecule has 5 heteroatoms. The Labute approximate surface area is 137 Å². The average Bonchev–Trinajstić information content (AvgIpc) is 2.49. The molecule has 0 heterocycles. The van der Waals surface area contributed by atoms with E-state index in [9.17, 15) is 4.39 Å². The Morgan fingerprint density at radius 3 is 2.43 bits per heavy atom. The van der Waals surface area contributed by atoms with Crippen LogP contribution in [0.1, 0.15) is 16.5 Å². The second-order valence-electron chi connectivity index (χ2n) is 4.49. The van der Waals surface area contributed by atoms with Crippen LogP contribution < -0.4 is 9.47 Å². The van der Waals surface area contributed by atoms with Gasteiger partial charge in [0.2, 0.25) is 0 Å². The van der Waals surface area contributed by atoms with E-state index in [0.29, 0.717) is 23.5 Å². The highest BCUT2D eigenvalue weighted by atomic mass is 79.9. The van der Waals surface area contributed by atoms with Crippen molar-refractivity contribution in [2.75, 3.05) is 14.2 Å². The van der Waals surface area contributed by atoms with Crippen LogP contribution in [-0.4, -0.2) is 14.2 Å². The molecule has 1 unspecified atom stereocenters. The Morgan fingerprint density at radius 1 is 1.14 bits per heavy atom. The molecular formula is C16H15BrClFO2. The van der Waals surface area contributed by atoms with E-state index in [1.54, 1.807) is 44.6 Å². The van der Waals surface area contributed by atoms with E-state index in [1.807, 2.05) is 0 Å². The number of ether oxygens (including phenoxy) is 2. The largest absolute Gasteiger partial charge is 0.496 e. The summed E-state index contributed by atoms with van der Waals surface area (Å²) in [6.45, 7) is 0. The van der Waals surface area contributed by atoms with Crippen molar-refractivity contribution in [1.82, 2.24) is 0 Å². The van der Waals surface area contributed by atoms with Crippen molar-refractivity contribution in [3.05, 3.63) is 57.8 Å². The fourth-order valence-corrected chi connectivity index (χ4v) is 2.92. The van der Waals surface area contributed by atoms with Gasteiger partial charge >= 0.3 is 0 Å². The van der Waals surface area contributed by atoms with Crippen LogP contribution >= 0.6 is 27.5 Å². The molecule has 0 bridgehead atoms. The van der Waals surface area contributed by atoms with Crippen LogP contribution in [0, 0.1) is 5.82 Å². The van der Waals surface area contributed by atoms with E-state index < -0.39 is 5.38 Å². The fourth-order valence-electron chi connectivity index (χ4n) is 2.10. The van der Waals surface area contributed by atoms with Gasteiger partial charge in [0.25, 0.3) is 0 Å². The maximum atomic E-state index is 13.7. The molecule has 2 rings (SSSR count). The van der Waals surface area contributed by atoms with Gasteiger partial charge in [-0.05, 0) is 46.1 Å². The molecule has 112 valence electrons. The Bertz CT molecular complexity index is 634. The second-order valence-corrected chi connectivity index (χ2v) is 5.87. The molecule has 0 aromatic heterocycles. The SMILES string of the molecule is COc1cc(C(Cl)Cc2ccccc2F)c(OC)cc1Br. The summed E-state index contributed by atoms with van der Waals surface area (Å²) in [7, 11) is 3.15. The molecule has 0 radical (unpaired) electrons. The highest BCUT2D eigenvalue weighted by Crippen LogP contribution is 2.39. The van der Waals surface area contributed by atoms with Crippen LogP contribution in [0.5, 0.6) is 11.5 Å². The molecule has 0 amide bonds. The smallest absolute Gasteiger partial charge is 0.133 e. The van der Waals surface area contributed by atoms with Gasteiger partial charge < -0.3 is 9.47 Å². The van der Waals surface area contributed by atoms with Crippen molar-refractivity contribution >= 4 is 27.5 Å². The second kappa shape index (κ2) is 7.14. The summed E-state index contributed by atoms with van der Waals surface area (Å²) in [6, 6.07) is 10.2. The molecule has 0 spiro atoms. The first-order valence-corrected chi connectivity index (χ1v) is 7.58. The van der Waals surface area contributed by atoms with Gasteiger partial charge in [-0.1, -0.05) is 18.2 Å². The molecule has 2 aromatic carbocycles. The number of methoxy groups -OCH3 is 2. The lowest BCUT2D eigenvalue weighted by molar-refractivity contribution is 0.396. The van der Waals surface area contributed by atoms with Gasteiger partial charge in [-0.2, -0.15) is 0 Å². The predicted octanol–water partition coefficient (Wildman–Crippen LogP) is 5.13. The standard InChI is InChI=1S/C16H15BrClFO2/c1-20-15-9-12(17)16(21-2)8-11(15)13(18)7-10-5-3-4-6-14(10)19/h3-6,8-9,13H,7H2,1-2H3. The van der Waals surface area contributed by atoms with Gasteiger partial charge in [-0.3, -0.25) is 0 Å². The first-order chi connectivity index (χ1) is 10.1. The van der Waals surface area contributed by atoms with Gasteiger partial charge in [-0.15, -0.1) is 11.6 Å². The van der Waals surface area contributed by atoms with Crippen LogP contribution in [0.15, 0.2) is 40.9 Å². The molecule has 0 fully saturated rings. The summed E-state index contributed by atoms with van der Waals surface area (Å²) in [5.41, 5.74) is 1.34. The molecule has 0 aliphatic rings. The van der Waals surface area contributed by atoms with Gasteiger partial charge in [0.1, 0.15) is 17.3 Å². The zero-order valence-electron chi connectivity index (χ0n) is 11.7.